The second-order valence-electron chi connectivity index (χ2n) is 6.96. The lowest BCUT2D eigenvalue weighted by Gasteiger charge is -2.30. The molecular weight excluding hydrogens is 464 g/mol. The SMILES string of the molecule is Br.CC1(C)CSC2=[N+]1CC(O)(c1ccc(Br)cc1)N2c1ccccc1. The van der Waals surface area contributed by atoms with Crippen LogP contribution in [0.15, 0.2) is 59.1 Å². The summed E-state index contributed by atoms with van der Waals surface area (Å²) >= 11 is 5.31. The molecule has 2 aliphatic heterocycles. The lowest BCUT2D eigenvalue weighted by atomic mass is 9.99. The van der Waals surface area contributed by atoms with Crippen LogP contribution in [-0.4, -0.2) is 32.7 Å². The third kappa shape index (κ3) is 3.07. The molecular formula is C19H21Br2N2OS+. The summed E-state index contributed by atoms with van der Waals surface area (Å²) in [5.74, 6) is 1.03. The minimum absolute atomic E-state index is 0. The average molecular weight is 485 g/mol. The second-order valence-corrected chi connectivity index (χ2v) is 8.82. The molecule has 0 aliphatic carbocycles. The van der Waals surface area contributed by atoms with Crippen molar-refractivity contribution in [3.63, 3.8) is 0 Å². The largest absolute Gasteiger partial charge is 0.346 e. The van der Waals surface area contributed by atoms with Crippen molar-refractivity contribution in [3.05, 3.63) is 64.6 Å². The van der Waals surface area contributed by atoms with E-state index < -0.39 is 5.72 Å². The number of thioether (sulfide) groups is 1. The fraction of sp³-hybridized carbons (Fsp3) is 0.316. The van der Waals surface area contributed by atoms with Crippen molar-refractivity contribution in [1.82, 2.24) is 0 Å². The van der Waals surface area contributed by atoms with Gasteiger partial charge in [0, 0.05) is 15.8 Å². The van der Waals surface area contributed by atoms with Crippen molar-refractivity contribution in [2.45, 2.75) is 25.1 Å². The van der Waals surface area contributed by atoms with E-state index in [1.165, 1.54) is 0 Å². The Kier molecular flexibility index (Phi) is 5.10. The lowest BCUT2D eigenvalue weighted by molar-refractivity contribution is -0.594. The number of hydrogen-bond donors (Lipinski definition) is 1. The van der Waals surface area contributed by atoms with Gasteiger partial charge in [-0.25, -0.2) is 4.58 Å². The Hall–Kier alpha value is -0.820. The van der Waals surface area contributed by atoms with Gasteiger partial charge in [-0.1, -0.05) is 46.3 Å². The number of rotatable bonds is 2. The van der Waals surface area contributed by atoms with E-state index in [1.54, 1.807) is 0 Å². The topological polar surface area (TPSA) is 26.5 Å². The van der Waals surface area contributed by atoms with Crippen molar-refractivity contribution in [1.29, 1.82) is 0 Å². The van der Waals surface area contributed by atoms with Crippen molar-refractivity contribution in [2.24, 2.45) is 0 Å². The van der Waals surface area contributed by atoms with Crippen LogP contribution in [0.25, 0.3) is 0 Å². The highest BCUT2D eigenvalue weighted by molar-refractivity contribution is 9.10. The zero-order chi connectivity index (χ0) is 16.9. The zero-order valence-corrected chi connectivity index (χ0v) is 18.3. The van der Waals surface area contributed by atoms with Crippen LogP contribution in [0.3, 0.4) is 0 Å². The van der Waals surface area contributed by atoms with E-state index in [4.69, 9.17) is 0 Å². The van der Waals surface area contributed by atoms with Crippen LogP contribution in [0.5, 0.6) is 0 Å². The maximum Gasteiger partial charge on any atom is 0.317 e. The van der Waals surface area contributed by atoms with Crippen LogP contribution >= 0.6 is 44.7 Å². The smallest absolute Gasteiger partial charge is 0.317 e. The molecule has 0 saturated carbocycles. The first-order valence-corrected chi connectivity index (χ1v) is 9.81. The molecule has 132 valence electrons. The molecule has 2 aromatic carbocycles. The van der Waals surface area contributed by atoms with Gasteiger partial charge in [0.05, 0.1) is 0 Å². The number of nitrogens with zero attached hydrogens (tertiary/aromatic N) is 2. The highest BCUT2D eigenvalue weighted by atomic mass is 79.9. The first-order valence-electron chi connectivity index (χ1n) is 8.03. The van der Waals surface area contributed by atoms with E-state index in [0.717, 1.165) is 26.6 Å². The van der Waals surface area contributed by atoms with Crippen molar-refractivity contribution in [3.8, 4) is 0 Å². The zero-order valence-electron chi connectivity index (χ0n) is 14.1. The predicted octanol–water partition coefficient (Wildman–Crippen LogP) is 4.59. The minimum atomic E-state index is -1.07. The van der Waals surface area contributed by atoms with Gasteiger partial charge in [0.25, 0.3) is 5.72 Å². The van der Waals surface area contributed by atoms with Gasteiger partial charge in [-0.15, -0.1) is 17.0 Å². The molecule has 0 amide bonds. The number of halogens is 2. The van der Waals surface area contributed by atoms with E-state index in [2.05, 4.69) is 51.4 Å². The Morgan fingerprint density at radius 2 is 1.72 bits per heavy atom. The van der Waals surface area contributed by atoms with Gasteiger partial charge in [0.1, 0.15) is 11.2 Å². The molecule has 2 aliphatic rings. The van der Waals surface area contributed by atoms with Gasteiger partial charge in [-0.05, 0) is 49.9 Å². The summed E-state index contributed by atoms with van der Waals surface area (Å²) in [5.41, 5.74) is 0.896. The molecule has 1 N–H and O–H groups in total. The van der Waals surface area contributed by atoms with Gasteiger partial charge in [-0.2, -0.15) is 4.90 Å². The van der Waals surface area contributed by atoms with Crippen molar-refractivity contribution >= 4 is 55.5 Å². The van der Waals surface area contributed by atoms with E-state index in [-0.39, 0.29) is 22.5 Å². The molecule has 2 aromatic rings. The van der Waals surface area contributed by atoms with Crippen LogP contribution in [0.4, 0.5) is 5.69 Å². The Balaban J connectivity index is 0.00000182. The van der Waals surface area contributed by atoms with E-state index in [1.807, 2.05) is 54.2 Å². The summed E-state index contributed by atoms with van der Waals surface area (Å²) in [4.78, 5) is 2.09. The number of aliphatic hydroxyl groups is 1. The van der Waals surface area contributed by atoms with E-state index in [0.29, 0.717) is 6.54 Å². The van der Waals surface area contributed by atoms with Crippen LogP contribution < -0.4 is 4.90 Å². The average Bonchev–Trinajstić information content (AvgIpc) is 3.03. The first-order chi connectivity index (χ1) is 11.4. The Labute approximate surface area is 171 Å². The second kappa shape index (κ2) is 6.72. The van der Waals surface area contributed by atoms with Crippen LogP contribution in [0.1, 0.15) is 19.4 Å². The number of benzene rings is 2. The normalized spacial score (nSPS) is 24.2. The fourth-order valence-corrected chi connectivity index (χ4v) is 5.17. The third-order valence-corrected chi connectivity index (χ3v) is 6.82. The molecule has 0 radical (unpaired) electrons. The van der Waals surface area contributed by atoms with Crippen molar-refractivity contribution in [2.75, 3.05) is 17.2 Å². The van der Waals surface area contributed by atoms with Gasteiger partial charge >= 0.3 is 5.17 Å². The Morgan fingerprint density at radius 1 is 1.08 bits per heavy atom. The Bertz CT molecular complexity index is 808. The summed E-state index contributed by atoms with van der Waals surface area (Å²) in [5, 5.41) is 12.9. The number of anilines is 1. The molecule has 0 aromatic heterocycles. The van der Waals surface area contributed by atoms with Crippen LogP contribution in [-0.2, 0) is 5.72 Å². The monoisotopic (exact) mass is 483 g/mol. The number of β-amino-alcohol motifs (C(OH)–C–C–N with tert-alkyl or cyclic N) is 1. The summed E-state index contributed by atoms with van der Waals surface area (Å²) in [6, 6.07) is 18.1. The highest BCUT2D eigenvalue weighted by Gasteiger charge is 2.60. The molecule has 1 atom stereocenters. The molecule has 0 bridgehead atoms. The number of amidine groups is 1. The van der Waals surface area contributed by atoms with Gasteiger partial charge in [-0.3, -0.25) is 0 Å². The molecule has 1 unspecified atom stereocenters. The fourth-order valence-electron chi connectivity index (χ4n) is 3.41. The number of para-hydroxylation sites is 1. The highest BCUT2D eigenvalue weighted by Crippen LogP contribution is 2.44. The summed E-state index contributed by atoms with van der Waals surface area (Å²) < 4.78 is 3.36. The molecule has 0 spiro atoms. The van der Waals surface area contributed by atoms with E-state index in [9.17, 15) is 5.11 Å². The quantitative estimate of drug-likeness (QED) is 0.631. The molecule has 3 nitrogen and oxygen atoms in total. The Morgan fingerprint density at radius 3 is 2.36 bits per heavy atom. The summed E-state index contributed by atoms with van der Waals surface area (Å²) in [6.07, 6.45) is 0. The number of hydrogen-bond acceptors (Lipinski definition) is 3. The maximum absolute atomic E-state index is 11.7. The molecule has 0 saturated heterocycles. The molecule has 0 fully saturated rings. The lowest BCUT2D eigenvalue weighted by Crippen LogP contribution is -2.48. The van der Waals surface area contributed by atoms with Crippen molar-refractivity contribution < 1.29 is 9.68 Å². The molecule has 6 heteroatoms. The molecule has 4 rings (SSSR count). The van der Waals surface area contributed by atoms with Gasteiger partial charge in [0.15, 0.2) is 6.54 Å². The maximum atomic E-state index is 11.7. The van der Waals surface area contributed by atoms with Crippen LogP contribution in [0, 0.1) is 0 Å². The summed E-state index contributed by atoms with van der Waals surface area (Å²) in [7, 11) is 0. The molecule has 2 heterocycles. The standard InChI is InChI=1S/C19H20BrN2OS.BrH/c1-18(2)13-24-17-21(18)12-19(23,14-8-10-15(20)11-9-14)22(17)16-6-4-3-5-7-16;/h3-11,23H,12-13H2,1-2H3;1H/q+1;. The van der Waals surface area contributed by atoms with Gasteiger partial charge in [0.2, 0.25) is 0 Å². The summed E-state index contributed by atoms with van der Waals surface area (Å²) in [6.45, 7) is 5.05. The van der Waals surface area contributed by atoms with Gasteiger partial charge < -0.3 is 5.11 Å². The minimum Gasteiger partial charge on any atom is -0.346 e. The third-order valence-electron chi connectivity index (χ3n) is 4.78. The predicted molar refractivity (Wildman–Crippen MR) is 114 cm³/mol. The van der Waals surface area contributed by atoms with E-state index >= 15 is 0 Å². The molecule has 25 heavy (non-hydrogen) atoms. The van der Waals surface area contributed by atoms with Crippen LogP contribution in [0.2, 0.25) is 0 Å². The first kappa shape index (κ1) is 19.0.